The Hall–Kier alpha value is -1.88. The molecule has 2 unspecified atom stereocenters. The molecule has 0 aliphatic carbocycles. The molecule has 148 valence electrons. The van der Waals surface area contributed by atoms with Crippen LogP contribution in [0.1, 0.15) is 71.1 Å². The molecule has 0 aliphatic heterocycles. The maximum atomic E-state index is 11.2. The summed E-state index contributed by atoms with van der Waals surface area (Å²) in [5.41, 5.74) is 5.43. The van der Waals surface area contributed by atoms with E-state index in [1.54, 1.807) is 0 Å². The molecule has 0 rings (SSSR count). The lowest BCUT2D eigenvalue weighted by Crippen LogP contribution is -2.34. The fourth-order valence-electron chi connectivity index (χ4n) is 2.58. The minimum absolute atomic E-state index is 0.00480. The van der Waals surface area contributed by atoms with Gasteiger partial charge in [-0.3, -0.25) is 9.59 Å². The van der Waals surface area contributed by atoms with Gasteiger partial charge in [-0.2, -0.15) is 0 Å². The van der Waals surface area contributed by atoms with Crippen molar-refractivity contribution < 1.29 is 19.8 Å². The average molecular weight is 366 g/mol. The molecular formula is C21H35NO4. The van der Waals surface area contributed by atoms with E-state index in [2.05, 4.69) is 43.4 Å². The number of rotatable bonds is 16. The molecule has 0 aromatic carbocycles. The summed E-state index contributed by atoms with van der Waals surface area (Å²) < 4.78 is 0. The minimum atomic E-state index is -1.14. The zero-order valence-corrected chi connectivity index (χ0v) is 16.0. The van der Waals surface area contributed by atoms with Crippen LogP contribution >= 0.6 is 0 Å². The van der Waals surface area contributed by atoms with E-state index >= 15 is 0 Å². The maximum Gasteiger partial charge on any atom is 0.320 e. The van der Waals surface area contributed by atoms with E-state index in [1.807, 2.05) is 0 Å². The molecule has 0 fully saturated rings. The minimum Gasteiger partial charge on any atom is -0.481 e. The SMILES string of the molecule is CC/C=C\C/C=C\C/C=C\CCCCCCC(CC(N)C(=O)O)C(=O)O. The van der Waals surface area contributed by atoms with Gasteiger partial charge in [0.25, 0.3) is 0 Å². The molecule has 5 heteroatoms. The quantitative estimate of drug-likeness (QED) is 0.272. The van der Waals surface area contributed by atoms with Crippen molar-refractivity contribution in [3.05, 3.63) is 36.5 Å². The molecule has 5 nitrogen and oxygen atoms in total. The molecule has 0 amide bonds. The maximum absolute atomic E-state index is 11.2. The first-order valence-electron chi connectivity index (χ1n) is 9.65. The molecule has 0 saturated heterocycles. The van der Waals surface area contributed by atoms with Crippen LogP contribution < -0.4 is 5.73 Å². The fraction of sp³-hybridized carbons (Fsp3) is 0.619. The standard InChI is InChI=1S/C21H35NO4/c1-2-3-4-5-6-7-8-9-10-11-12-13-14-15-16-18(20(23)24)17-19(22)21(25)26/h3-4,6-7,9-10,18-19H,2,5,8,11-17,22H2,1H3,(H,23,24)(H,25,26)/b4-3-,7-6-,10-9-. The van der Waals surface area contributed by atoms with Gasteiger partial charge in [0, 0.05) is 0 Å². The average Bonchev–Trinajstić information content (AvgIpc) is 2.60. The van der Waals surface area contributed by atoms with E-state index in [1.165, 1.54) is 0 Å². The lowest BCUT2D eigenvalue weighted by molar-refractivity contribution is -0.143. The van der Waals surface area contributed by atoms with E-state index in [-0.39, 0.29) is 6.42 Å². The Balaban J connectivity index is 3.69. The van der Waals surface area contributed by atoms with Crippen molar-refractivity contribution in [2.75, 3.05) is 0 Å². The number of unbranched alkanes of at least 4 members (excludes halogenated alkanes) is 4. The highest BCUT2D eigenvalue weighted by Crippen LogP contribution is 2.17. The van der Waals surface area contributed by atoms with E-state index in [4.69, 9.17) is 15.9 Å². The smallest absolute Gasteiger partial charge is 0.320 e. The van der Waals surface area contributed by atoms with Gasteiger partial charge >= 0.3 is 11.9 Å². The number of allylic oxidation sites excluding steroid dienone is 6. The van der Waals surface area contributed by atoms with E-state index in [9.17, 15) is 9.59 Å². The second-order valence-electron chi connectivity index (χ2n) is 6.50. The number of carboxylic acid groups (broad SMARTS) is 2. The van der Waals surface area contributed by atoms with Crippen molar-refractivity contribution in [1.82, 2.24) is 0 Å². The molecule has 0 aliphatic rings. The Labute approximate surface area is 157 Å². The molecule has 4 N–H and O–H groups in total. The largest absolute Gasteiger partial charge is 0.481 e. The lowest BCUT2D eigenvalue weighted by atomic mass is 9.94. The van der Waals surface area contributed by atoms with Crippen LogP contribution in [0.3, 0.4) is 0 Å². The highest BCUT2D eigenvalue weighted by atomic mass is 16.4. The van der Waals surface area contributed by atoms with Crippen molar-refractivity contribution in [3.63, 3.8) is 0 Å². The van der Waals surface area contributed by atoms with E-state index < -0.39 is 23.9 Å². The van der Waals surface area contributed by atoms with Crippen LogP contribution in [0, 0.1) is 5.92 Å². The van der Waals surface area contributed by atoms with Crippen molar-refractivity contribution >= 4 is 11.9 Å². The summed E-state index contributed by atoms with van der Waals surface area (Å²) in [6.45, 7) is 2.13. The highest BCUT2D eigenvalue weighted by Gasteiger charge is 2.23. The first-order valence-corrected chi connectivity index (χ1v) is 9.65. The Morgan fingerprint density at radius 3 is 2.00 bits per heavy atom. The molecule has 0 aromatic rings. The van der Waals surface area contributed by atoms with Crippen LogP contribution in [0.2, 0.25) is 0 Å². The predicted octanol–water partition coefficient (Wildman–Crippen LogP) is 4.69. The summed E-state index contributed by atoms with van der Waals surface area (Å²) >= 11 is 0. The third kappa shape index (κ3) is 14.5. The van der Waals surface area contributed by atoms with Gasteiger partial charge in [0.05, 0.1) is 5.92 Å². The summed E-state index contributed by atoms with van der Waals surface area (Å²) in [7, 11) is 0. The molecule has 0 heterocycles. The van der Waals surface area contributed by atoms with E-state index in [0.717, 1.165) is 51.4 Å². The lowest BCUT2D eigenvalue weighted by Gasteiger charge is -2.14. The van der Waals surface area contributed by atoms with Crippen LogP contribution in [0.5, 0.6) is 0 Å². The third-order valence-corrected chi connectivity index (χ3v) is 4.16. The van der Waals surface area contributed by atoms with Crippen LogP contribution in [-0.4, -0.2) is 28.2 Å². The second-order valence-corrected chi connectivity index (χ2v) is 6.50. The number of carboxylic acids is 2. The molecule has 26 heavy (non-hydrogen) atoms. The summed E-state index contributed by atoms with van der Waals surface area (Å²) in [6, 6.07) is -1.10. The van der Waals surface area contributed by atoms with Gasteiger partial charge in [0.2, 0.25) is 0 Å². The summed E-state index contributed by atoms with van der Waals surface area (Å²) in [6.07, 6.45) is 21.5. The first kappa shape index (κ1) is 24.1. The van der Waals surface area contributed by atoms with Gasteiger partial charge < -0.3 is 15.9 Å². The second kappa shape index (κ2) is 16.6. The highest BCUT2D eigenvalue weighted by molar-refractivity contribution is 5.75. The van der Waals surface area contributed by atoms with Gasteiger partial charge in [-0.1, -0.05) is 62.6 Å². The van der Waals surface area contributed by atoms with Crippen molar-refractivity contribution in [1.29, 1.82) is 0 Å². The Morgan fingerprint density at radius 1 is 0.846 bits per heavy atom. The van der Waals surface area contributed by atoms with E-state index in [0.29, 0.717) is 6.42 Å². The van der Waals surface area contributed by atoms with Gasteiger partial charge in [-0.05, 0) is 44.9 Å². The summed E-state index contributed by atoms with van der Waals surface area (Å²) in [4.78, 5) is 21.9. The van der Waals surface area contributed by atoms with Gasteiger partial charge in [0.15, 0.2) is 0 Å². The predicted molar refractivity (Wildman–Crippen MR) is 106 cm³/mol. The first-order chi connectivity index (χ1) is 12.5. The Kier molecular flexibility index (Phi) is 15.4. The summed E-state index contributed by atoms with van der Waals surface area (Å²) in [5.74, 6) is -2.77. The fourth-order valence-corrected chi connectivity index (χ4v) is 2.58. The number of hydrogen-bond acceptors (Lipinski definition) is 3. The van der Waals surface area contributed by atoms with Gasteiger partial charge in [0.1, 0.15) is 6.04 Å². The third-order valence-electron chi connectivity index (χ3n) is 4.16. The molecule has 0 radical (unpaired) electrons. The van der Waals surface area contributed by atoms with Crippen molar-refractivity contribution in [2.24, 2.45) is 11.7 Å². The molecule has 0 aromatic heterocycles. The van der Waals surface area contributed by atoms with Crippen LogP contribution in [0.15, 0.2) is 36.5 Å². The van der Waals surface area contributed by atoms with Crippen molar-refractivity contribution in [3.8, 4) is 0 Å². The van der Waals surface area contributed by atoms with Gasteiger partial charge in [-0.15, -0.1) is 0 Å². The van der Waals surface area contributed by atoms with Crippen LogP contribution in [-0.2, 0) is 9.59 Å². The number of nitrogens with two attached hydrogens (primary N) is 1. The molecule has 0 spiro atoms. The molecule has 2 atom stereocenters. The zero-order valence-electron chi connectivity index (χ0n) is 16.0. The van der Waals surface area contributed by atoms with Gasteiger partial charge in [-0.25, -0.2) is 0 Å². The number of aliphatic carboxylic acids is 2. The number of carbonyl (C=O) groups is 2. The summed E-state index contributed by atoms with van der Waals surface area (Å²) in [5, 5.41) is 17.9. The normalized spacial score (nSPS) is 14.4. The molecule has 0 bridgehead atoms. The van der Waals surface area contributed by atoms with Crippen molar-refractivity contribution in [2.45, 2.75) is 77.2 Å². The topological polar surface area (TPSA) is 101 Å². The Bertz CT molecular complexity index is 469. The molecular weight excluding hydrogens is 330 g/mol. The molecule has 0 saturated carbocycles. The monoisotopic (exact) mass is 365 g/mol. The zero-order chi connectivity index (χ0) is 19.6. The Morgan fingerprint density at radius 2 is 1.42 bits per heavy atom. The number of hydrogen-bond donors (Lipinski definition) is 3. The van der Waals surface area contributed by atoms with Crippen LogP contribution in [0.25, 0.3) is 0 Å². The van der Waals surface area contributed by atoms with Crippen LogP contribution in [0.4, 0.5) is 0 Å².